The first-order chi connectivity index (χ1) is 6.15. The summed E-state index contributed by atoms with van der Waals surface area (Å²) in [6.45, 7) is 0. The molecule has 0 aliphatic carbocycles. The highest BCUT2D eigenvalue weighted by Crippen LogP contribution is 2.18. The van der Waals surface area contributed by atoms with E-state index in [9.17, 15) is 0 Å². The molecule has 2 N–H and O–H groups in total. The molecule has 1 aromatic carbocycles. The van der Waals surface area contributed by atoms with E-state index in [1.807, 2.05) is 24.3 Å². The quantitative estimate of drug-likeness (QED) is 0.825. The first-order valence-corrected chi connectivity index (χ1v) is 4.79. The maximum Gasteiger partial charge on any atom is 0.121 e. The van der Waals surface area contributed by atoms with E-state index in [-0.39, 0.29) is 4.99 Å². The van der Waals surface area contributed by atoms with Crippen LogP contribution in [-0.2, 0) is 0 Å². The molecule has 4 heteroatoms. The Morgan fingerprint density at radius 3 is 2.38 bits per heavy atom. The minimum absolute atomic E-state index is 0.213. The van der Waals surface area contributed by atoms with Crippen molar-refractivity contribution in [2.45, 2.75) is 5.92 Å². The lowest BCUT2D eigenvalue weighted by Gasteiger charge is -2.06. The summed E-state index contributed by atoms with van der Waals surface area (Å²) in [4.78, 5) is 0.213. The molecule has 0 aliphatic heterocycles. The Balaban J connectivity index is 3.01. The molecule has 66 valence electrons. The van der Waals surface area contributed by atoms with E-state index in [0.717, 1.165) is 10.0 Å². The number of benzene rings is 1. The summed E-state index contributed by atoms with van der Waals surface area (Å²) in [5.74, 6) is -0.483. The van der Waals surface area contributed by atoms with Gasteiger partial charge in [-0.1, -0.05) is 40.3 Å². The van der Waals surface area contributed by atoms with Gasteiger partial charge in [0.15, 0.2) is 0 Å². The van der Waals surface area contributed by atoms with Gasteiger partial charge in [0.1, 0.15) is 5.92 Å². The molecular formula is C9H7BrN2S. The molecule has 0 saturated heterocycles. The number of thiocarbonyl (C=S) groups is 1. The van der Waals surface area contributed by atoms with Crippen LogP contribution in [0.3, 0.4) is 0 Å². The normalized spacial score (nSPS) is 11.7. The van der Waals surface area contributed by atoms with Crippen LogP contribution in [0.4, 0.5) is 0 Å². The van der Waals surface area contributed by atoms with Crippen molar-refractivity contribution in [2.75, 3.05) is 0 Å². The van der Waals surface area contributed by atoms with Gasteiger partial charge in [-0.2, -0.15) is 5.26 Å². The second-order valence-electron chi connectivity index (χ2n) is 2.52. The van der Waals surface area contributed by atoms with E-state index in [2.05, 4.69) is 22.0 Å². The maximum absolute atomic E-state index is 8.79. The van der Waals surface area contributed by atoms with Crippen molar-refractivity contribution < 1.29 is 0 Å². The number of rotatable bonds is 2. The fraction of sp³-hybridized carbons (Fsp3) is 0.111. The van der Waals surface area contributed by atoms with Crippen LogP contribution < -0.4 is 5.73 Å². The second kappa shape index (κ2) is 4.35. The summed E-state index contributed by atoms with van der Waals surface area (Å²) in [5, 5.41) is 8.79. The van der Waals surface area contributed by atoms with Crippen molar-refractivity contribution in [1.82, 2.24) is 0 Å². The molecule has 0 amide bonds. The van der Waals surface area contributed by atoms with Crippen LogP contribution in [-0.4, -0.2) is 4.99 Å². The van der Waals surface area contributed by atoms with E-state index in [1.165, 1.54) is 0 Å². The largest absolute Gasteiger partial charge is 0.392 e. The fourth-order valence-corrected chi connectivity index (χ4v) is 1.41. The molecule has 0 spiro atoms. The third kappa shape index (κ3) is 2.51. The summed E-state index contributed by atoms with van der Waals surface area (Å²) in [5.41, 5.74) is 6.25. The predicted octanol–water partition coefficient (Wildman–Crippen LogP) is 2.34. The molecule has 13 heavy (non-hydrogen) atoms. The van der Waals surface area contributed by atoms with Gasteiger partial charge in [0.2, 0.25) is 0 Å². The molecule has 0 radical (unpaired) electrons. The van der Waals surface area contributed by atoms with Crippen molar-refractivity contribution in [3.05, 3.63) is 34.3 Å². The summed E-state index contributed by atoms with van der Waals surface area (Å²) >= 11 is 8.08. The SMILES string of the molecule is N#CC(C(N)=S)c1ccc(Br)cc1. The standard InChI is InChI=1S/C9H7BrN2S/c10-7-3-1-6(2-4-7)8(5-11)9(12)13/h1-4,8H,(H2,12,13). The monoisotopic (exact) mass is 254 g/mol. The molecule has 1 atom stereocenters. The van der Waals surface area contributed by atoms with Crippen LogP contribution in [0.5, 0.6) is 0 Å². The van der Waals surface area contributed by atoms with Crippen LogP contribution in [0.2, 0.25) is 0 Å². The topological polar surface area (TPSA) is 49.8 Å². The Morgan fingerprint density at radius 1 is 1.46 bits per heavy atom. The van der Waals surface area contributed by atoms with Gasteiger partial charge >= 0.3 is 0 Å². The molecule has 1 unspecified atom stereocenters. The molecule has 0 fully saturated rings. The van der Waals surface area contributed by atoms with Crippen LogP contribution in [0, 0.1) is 11.3 Å². The maximum atomic E-state index is 8.79. The van der Waals surface area contributed by atoms with E-state index in [4.69, 9.17) is 23.2 Å². The number of nitriles is 1. The van der Waals surface area contributed by atoms with E-state index in [0.29, 0.717) is 0 Å². The van der Waals surface area contributed by atoms with Gasteiger partial charge in [-0.05, 0) is 17.7 Å². The number of hydrogen-bond acceptors (Lipinski definition) is 2. The fourth-order valence-electron chi connectivity index (χ4n) is 0.958. The van der Waals surface area contributed by atoms with E-state index < -0.39 is 5.92 Å². The zero-order valence-electron chi connectivity index (χ0n) is 6.70. The summed E-state index contributed by atoms with van der Waals surface area (Å²) in [7, 11) is 0. The van der Waals surface area contributed by atoms with Crippen molar-refractivity contribution >= 4 is 33.1 Å². The van der Waals surface area contributed by atoms with Crippen molar-refractivity contribution in [2.24, 2.45) is 5.73 Å². The number of hydrogen-bond donors (Lipinski definition) is 1. The Bertz CT molecular complexity index is 353. The Morgan fingerprint density at radius 2 is 2.00 bits per heavy atom. The molecule has 1 rings (SSSR count). The molecule has 2 nitrogen and oxygen atoms in total. The number of halogens is 1. The van der Waals surface area contributed by atoms with Gasteiger partial charge < -0.3 is 5.73 Å². The number of nitrogens with two attached hydrogens (primary N) is 1. The molecule has 0 aliphatic rings. The van der Waals surface area contributed by atoms with Gasteiger partial charge in [0.25, 0.3) is 0 Å². The van der Waals surface area contributed by atoms with Gasteiger partial charge in [-0.15, -0.1) is 0 Å². The first-order valence-electron chi connectivity index (χ1n) is 3.59. The summed E-state index contributed by atoms with van der Waals surface area (Å²) in [6.07, 6.45) is 0. The highest BCUT2D eigenvalue weighted by Gasteiger charge is 2.12. The van der Waals surface area contributed by atoms with Crippen molar-refractivity contribution in [3.63, 3.8) is 0 Å². The van der Waals surface area contributed by atoms with Crippen LogP contribution in [0.1, 0.15) is 11.5 Å². The van der Waals surface area contributed by atoms with Gasteiger partial charge in [0.05, 0.1) is 11.1 Å². The lowest BCUT2D eigenvalue weighted by Crippen LogP contribution is -2.17. The van der Waals surface area contributed by atoms with E-state index in [1.54, 1.807) is 0 Å². The molecule has 0 aromatic heterocycles. The predicted molar refractivity (Wildman–Crippen MR) is 59.3 cm³/mol. The molecule has 0 heterocycles. The third-order valence-corrected chi connectivity index (χ3v) is 2.38. The first kappa shape index (κ1) is 10.2. The van der Waals surface area contributed by atoms with Crippen LogP contribution in [0.25, 0.3) is 0 Å². The Hall–Kier alpha value is -0.920. The Labute approximate surface area is 90.5 Å². The van der Waals surface area contributed by atoms with Crippen molar-refractivity contribution in [3.8, 4) is 6.07 Å². The average molecular weight is 255 g/mol. The molecule has 1 aromatic rings. The summed E-state index contributed by atoms with van der Waals surface area (Å²) in [6, 6.07) is 9.43. The number of nitrogens with zero attached hydrogens (tertiary/aromatic N) is 1. The molecule has 0 bridgehead atoms. The van der Waals surface area contributed by atoms with Gasteiger partial charge in [0, 0.05) is 4.47 Å². The van der Waals surface area contributed by atoms with Crippen LogP contribution in [0.15, 0.2) is 28.7 Å². The Kier molecular flexibility index (Phi) is 3.40. The summed E-state index contributed by atoms with van der Waals surface area (Å²) < 4.78 is 0.968. The van der Waals surface area contributed by atoms with Gasteiger partial charge in [-0.3, -0.25) is 0 Å². The smallest absolute Gasteiger partial charge is 0.121 e. The van der Waals surface area contributed by atoms with Crippen LogP contribution >= 0.6 is 28.1 Å². The minimum atomic E-state index is -0.483. The molecular weight excluding hydrogens is 248 g/mol. The van der Waals surface area contributed by atoms with Gasteiger partial charge in [-0.25, -0.2) is 0 Å². The lowest BCUT2D eigenvalue weighted by molar-refractivity contribution is 1.15. The highest BCUT2D eigenvalue weighted by molar-refractivity contribution is 9.10. The van der Waals surface area contributed by atoms with E-state index >= 15 is 0 Å². The minimum Gasteiger partial charge on any atom is -0.392 e. The zero-order valence-corrected chi connectivity index (χ0v) is 9.10. The highest BCUT2D eigenvalue weighted by atomic mass is 79.9. The lowest BCUT2D eigenvalue weighted by atomic mass is 10.0. The molecule has 0 saturated carbocycles. The van der Waals surface area contributed by atoms with Crippen molar-refractivity contribution in [1.29, 1.82) is 5.26 Å². The second-order valence-corrected chi connectivity index (χ2v) is 3.90. The average Bonchev–Trinajstić information content (AvgIpc) is 2.09. The third-order valence-electron chi connectivity index (χ3n) is 1.62. The zero-order chi connectivity index (χ0) is 9.84.